The van der Waals surface area contributed by atoms with Gasteiger partial charge in [-0.1, -0.05) is 36.4 Å². The minimum absolute atomic E-state index is 0.376. The number of rotatable bonds is 5. The molecule has 0 N–H and O–H groups in total. The van der Waals surface area contributed by atoms with E-state index in [-0.39, 0.29) is 5.97 Å². The van der Waals surface area contributed by atoms with Crippen LogP contribution in [0.3, 0.4) is 0 Å². The van der Waals surface area contributed by atoms with Crippen LogP contribution in [0, 0.1) is 0 Å². The second kappa shape index (κ2) is 7.22. The lowest BCUT2D eigenvalue weighted by Gasteiger charge is -2.08. The molecule has 0 aliphatic heterocycles. The predicted molar refractivity (Wildman–Crippen MR) is 84.5 cm³/mol. The molecule has 2 aromatic carbocycles. The number of carbonyl (C=O) groups excluding carboxylic acids is 2. The first-order valence-corrected chi connectivity index (χ1v) is 6.67. The van der Waals surface area contributed by atoms with Gasteiger partial charge in [0.1, 0.15) is 12.0 Å². The average Bonchev–Trinajstić information content (AvgIpc) is 2.59. The minimum atomic E-state index is -0.376. The number of carbonyl (C=O) groups is 2. The second-order valence-electron chi connectivity index (χ2n) is 4.57. The van der Waals surface area contributed by atoms with Crippen molar-refractivity contribution in [3.05, 3.63) is 70.8 Å². The molecule has 4 heteroatoms. The average molecular weight is 296 g/mol. The van der Waals surface area contributed by atoms with Gasteiger partial charge in [0.25, 0.3) is 0 Å². The molecule has 0 heterocycles. The van der Waals surface area contributed by atoms with Crippen LogP contribution in [-0.2, 0) is 9.47 Å². The van der Waals surface area contributed by atoms with E-state index < -0.39 is 0 Å². The van der Waals surface area contributed by atoms with E-state index in [1.165, 1.54) is 7.11 Å². The summed E-state index contributed by atoms with van der Waals surface area (Å²) in [4.78, 5) is 22.1. The summed E-state index contributed by atoms with van der Waals surface area (Å²) < 4.78 is 10.1. The van der Waals surface area contributed by atoms with Gasteiger partial charge < -0.3 is 9.47 Å². The van der Waals surface area contributed by atoms with E-state index in [2.05, 4.69) is 4.74 Å². The zero-order chi connectivity index (χ0) is 15.9. The molecule has 112 valence electrons. The standard InChI is InChI=1S/C18H16O4/c1-21-17(11-13-3-5-14(12-19)6-4-13)15-7-9-16(10-8-15)18(20)22-2/h3-12H,1-2H3/b17-11+. The Morgan fingerprint density at radius 2 is 1.36 bits per heavy atom. The number of hydrogen-bond donors (Lipinski definition) is 0. The van der Waals surface area contributed by atoms with Crippen LogP contribution in [0.4, 0.5) is 0 Å². The van der Waals surface area contributed by atoms with Crippen LogP contribution < -0.4 is 0 Å². The van der Waals surface area contributed by atoms with E-state index in [4.69, 9.17) is 4.74 Å². The van der Waals surface area contributed by atoms with Crippen molar-refractivity contribution in [2.75, 3.05) is 14.2 Å². The highest BCUT2D eigenvalue weighted by Gasteiger charge is 2.07. The molecule has 0 radical (unpaired) electrons. The zero-order valence-corrected chi connectivity index (χ0v) is 12.4. The first-order valence-electron chi connectivity index (χ1n) is 6.67. The summed E-state index contributed by atoms with van der Waals surface area (Å²) in [6.45, 7) is 0. The van der Waals surface area contributed by atoms with Crippen molar-refractivity contribution < 1.29 is 19.1 Å². The number of methoxy groups -OCH3 is 2. The third-order valence-corrected chi connectivity index (χ3v) is 3.18. The maximum Gasteiger partial charge on any atom is 0.337 e. The molecule has 0 aliphatic rings. The SMILES string of the molecule is COC(=O)c1ccc(/C(=C\c2ccc(C=O)cc2)OC)cc1. The van der Waals surface area contributed by atoms with Gasteiger partial charge in [-0.25, -0.2) is 4.79 Å². The lowest BCUT2D eigenvalue weighted by Crippen LogP contribution is -2.00. The van der Waals surface area contributed by atoms with Gasteiger partial charge in [-0.15, -0.1) is 0 Å². The number of esters is 1. The number of aldehydes is 1. The zero-order valence-electron chi connectivity index (χ0n) is 12.4. The Hall–Kier alpha value is -2.88. The lowest BCUT2D eigenvalue weighted by atomic mass is 10.1. The fraction of sp³-hybridized carbons (Fsp3) is 0.111. The van der Waals surface area contributed by atoms with Crippen molar-refractivity contribution >= 4 is 24.1 Å². The van der Waals surface area contributed by atoms with Crippen LogP contribution in [0.5, 0.6) is 0 Å². The maximum atomic E-state index is 11.4. The summed E-state index contributed by atoms with van der Waals surface area (Å²) in [5.74, 6) is 0.286. The molecular formula is C18H16O4. The molecule has 0 saturated carbocycles. The lowest BCUT2D eigenvalue weighted by molar-refractivity contribution is 0.0600. The molecular weight excluding hydrogens is 280 g/mol. The summed E-state index contributed by atoms with van der Waals surface area (Å²) in [6, 6.07) is 14.1. The van der Waals surface area contributed by atoms with Crippen LogP contribution in [-0.4, -0.2) is 26.5 Å². The molecule has 0 unspecified atom stereocenters. The van der Waals surface area contributed by atoms with E-state index in [0.29, 0.717) is 16.9 Å². The van der Waals surface area contributed by atoms with Crippen molar-refractivity contribution in [3.8, 4) is 0 Å². The van der Waals surface area contributed by atoms with Crippen molar-refractivity contribution in [1.82, 2.24) is 0 Å². The Morgan fingerprint density at radius 3 is 1.86 bits per heavy atom. The van der Waals surface area contributed by atoms with Gasteiger partial charge in [-0.3, -0.25) is 4.79 Å². The van der Waals surface area contributed by atoms with Crippen LogP contribution in [0.1, 0.15) is 31.8 Å². The van der Waals surface area contributed by atoms with Crippen LogP contribution >= 0.6 is 0 Å². The quantitative estimate of drug-likeness (QED) is 0.367. The van der Waals surface area contributed by atoms with Gasteiger partial charge in [0.15, 0.2) is 0 Å². The highest BCUT2D eigenvalue weighted by Crippen LogP contribution is 2.20. The molecule has 4 nitrogen and oxygen atoms in total. The molecule has 0 spiro atoms. The van der Waals surface area contributed by atoms with Gasteiger partial charge >= 0.3 is 5.97 Å². The van der Waals surface area contributed by atoms with Gasteiger partial charge in [0.2, 0.25) is 0 Å². The van der Waals surface area contributed by atoms with E-state index in [1.807, 2.05) is 18.2 Å². The van der Waals surface area contributed by atoms with Crippen molar-refractivity contribution in [1.29, 1.82) is 0 Å². The molecule has 0 bridgehead atoms. The minimum Gasteiger partial charge on any atom is -0.496 e. The topological polar surface area (TPSA) is 52.6 Å². The van der Waals surface area contributed by atoms with E-state index in [1.54, 1.807) is 43.5 Å². The molecule has 0 saturated heterocycles. The Morgan fingerprint density at radius 1 is 0.818 bits per heavy atom. The molecule has 0 aliphatic carbocycles. The van der Waals surface area contributed by atoms with Gasteiger partial charge in [-0.2, -0.15) is 0 Å². The molecule has 2 aromatic rings. The Balaban J connectivity index is 2.28. The van der Waals surface area contributed by atoms with Crippen LogP contribution in [0.25, 0.3) is 11.8 Å². The molecule has 0 amide bonds. The Bertz CT molecular complexity index is 682. The Kier molecular flexibility index (Phi) is 5.09. The summed E-state index contributed by atoms with van der Waals surface area (Å²) in [6.07, 6.45) is 2.66. The van der Waals surface area contributed by atoms with Crippen LogP contribution in [0.15, 0.2) is 48.5 Å². The largest absolute Gasteiger partial charge is 0.496 e. The monoisotopic (exact) mass is 296 g/mol. The van der Waals surface area contributed by atoms with Crippen LogP contribution in [0.2, 0.25) is 0 Å². The summed E-state index contributed by atoms with van der Waals surface area (Å²) in [5, 5.41) is 0. The summed E-state index contributed by atoms with van der Waals surface area (Å²) >= 11 is 0. The summed E-state index contributed by atoms with van der Waals surface area (Å²) in [7, 11) is 2.93. The maximum absolute atomic E-state index is 11.4. The third-order valence-electron chi connectivity index (χ3n) is 3.18. The smallest absolute Gasteiger partial charge is 0.337 e. The molecule has 0 aromatic heterocycles. The van der Waals surface area contributed by atoms with E-state index >= 15 is 0 Å². The van der Waals surface area contributed by atoms with Gasteiger partial charge in [0.05, 0.1) is 19.8 Å². The van der Waals surface area contributed by atoms with E-state index in [9.17, 15) is 9.59 Å². The fourth-order valence-corrected chi connectivity index (χ4v) is 1.97. The van der Waals surface area contributed by atoms with E-state index in [0.717, 1.165) is 17.4 Å². The molecule has 0 fully saturated rings. The second-order valence-corrected chi connectivity index (χ2v) is 4.57. The van der Waals surface area contributed by atoms with Crippen molar-refractivity contribution in [3.63, 3.8) is 0 Å². The first-order chi connectivity index (χ1) is 10.7. The van der Waals surface area contributed by atoms with Crippen molar-refractivity contribution in [2.45, 2.75) is 0 Å². The van der Waals surface area contributed by atoms with Crippen molar-refractivity contribution in [2.24, 2.45) is 0 Å². The van der Waals surface area contributed by atoms with Gasteiger partial charge in [-0.05, 0) is 23.8 Å². The van der Waals surface area contributed by atoms with Gasteiger partial charge in [0, 0.05) is 11.1 Å². The Labute approximate surface area is 129 Å². The molecule has 0 atom stereocenters. The molecule has 22 heavy (non-hydrogen) atoms. The predicted octanol–water partition coefficient (Wildman–Crippen LogP) is 3.43. The molecule has 2 rings (SSSR count). The number of benzene rings is 2. The number of ether oxygens (including phenoxy) is 2. The third kappa shape index (κ3) is 3.61. The normalized spacial score (nSPS) is 10.9. The first kappa shape index (κ1) is 15.5. The fourth-order valence-electron chi connectivity index (χ4n) is 1.97. The number of hydrogen-bond acceptors (Lipinski definition) is 4. The highest BCUT2D eigenvalue weighted by molar-refractivity contribution is 5.90. The summed E-state index contributed by atoms with van der Waals surface area (Å²) in [5.41, 5.74) is 2.87. The highest BCUT2D eigenvalue weighted by atomic mass is 16.5.